The van der Waals surface area contributed by atoms with E-state index < -0.39 is 17.2 Å². The molecule has 3 N–H and O–H groups in total. The van der Waals surface area contributed by atoms with Gasteiger partial charge in [0.25, 0.3) is 0 Å². The number of aromatic nitrogens is 1. The first-order chi connectivity index (χ1) is 13.3. The zero-order valence-electron chi connectivity index (χ0n) is 15.6. The third-order valence-corrected chi connectivity index (χ3v) is 6.26. The van der Waals surface area contributed by atoms with Crippen molar-refractivity contribution in [3.05, 3.63) is 33.9 Å². The smallest absolute Gasteiger partial charge is 0.341 e. The van der Waals surface area contributed by atoms with Crippen molar-refractivity contribution < 1.29 is 19.0 Å². The van der Waals surface area contributed by atoms with Gasteiger partial charge in [-0.3, -0.25) is 4.79 Å². The zero-order valence-corrected chi connectivity index (χ0v) is 15.6. The number of pyridine rings is 1. The maximum Gasteiger partial charge on any atom is 0.341 e. The number of rotatable bonds is 4. The summed E-state index contributed by atoms with van der Waals surface area (Å²) in [7, 11) is 1.45. The van der Waals surface area contributed by atoms with Crippen molar-refractivity contribution in [1.29, 1.82) is 0 Å². The van der Waals surface area contributed by atoms with Crippen molar-refractivity contribution in [3.63, 3.8) is 0 Å². The van der Waals surface area contributed by atoms with Gasteiger partial charge in [-0.15, -0.1) is 0 Å². The first-order valence-electron chi connectivity index (χ1n) is 9.54. The molecule has 1 aromatic heterocycles. The number of nitrogens with zero attached hydrogens (tertiary/aromatic N) is 2. The molecule has 6 rings (SSSR count). The van der Waals surface area contributed by atoms with Crippen molar-refractivity contribution in [1.82, 2.24) is 4.57 Å². The summed E-state index contributed by atoms with van der Waals surface area (Å²) in [5.74, 6) is -1.19. The molecule has 2 aromatic rings. The average molecular weight is 387 g/mol. The van der Waals surface area contributed by atoms with Crippen molar-refractivity contribution in [3.8, 4) is 5.75 Å². The van der Waals surface area contributed by atoms with E-state index in [-0.39, 0.29) is 28.3 Å². The number of fused-ring (bicyclic) bond motifs is 3. The number of nitrogens with two attached hydrogens (primary N) is 1. The first-order valence-corrected chi connectivity index (χ1v) is 9.54. The van der Waals surface area contributed by atoms with Crippen LogP contribution in [0, 0.1) is 11.7 Å². The van der Waals surface area contributed by atoms with Crippen LogP contribution in [0.4, 0.5) is 10.1 Å². The Kier molecular flexibility index (Phi) is 3.56. The Balaban J connectivity index is 1.78. The molecule has 0 radical (unpaired) electrons. The second-order valence-corrected chi connectivity index (χ2v) is 8.47. The molecular formula is C20H22FN3O4. The fourth-order valence-electron chi connectivity index (χ4n) is 5.00. The monoisotopic (exact) mass is 387 g/mol. The minimum Gasteiger partial charge on any atom is -0.492 e. The number of ether oxygens (including phenoxy) is 1. The quantitative estimate of drug-likeness (QED) is 0.834. The van der Waals surface area contributed by atoms with Crippen LogP contribution in [0.1, 0.15) is 42.1 Å². The number of benzene rings is 1. The van der Waals surface area contributed by atoms with Crippen molar-refractivity contribution in [2.45, 2.75) is 37.3 Å². The van der Waals surface area contributed by atoms with Crippen LogP contribution in [0.15, 0.2) is 17.1 Å². The predicted octanol–water partition coefficient (Wildman–Crippen LogP) is 2.11. The summed E-state index contributed by atoms with van der Waals surface area (Å²) in [6, 6.07) is 1.24. The molecule has 4 fully saturated rings. The van der Waals surface area contributed by atoms with Gasteiger partial charge in [0, 0.05) is 30.9 Å². The van der Waals surface area contributed by atoms with Crippen LogP contribution >= 0.6 is 0 Å². The molecule has 2 bridgehead atoms. The van der Waals surface area contributed by atoms with E-state index >= 15 is 4.39 Å². The molecule has 28 heavy (non-hydrogen) atoms. The molecule has 7 nitrogen and oxygen atoms in total. The summed E-state index contributed by atoms with van der Waals surface area (Å²) in [4.78, 5) is 26.2. The fourth-order valence-corrected chi connectivity index (χ4v) is 5.00. The number of anilines is 1. The second-order valence-electron chi connectivity index (χ2n) is 8.47. The second kappa shape index (κ2) is 5.70. The van der Waals surface area contributed by atoms with E-state index in [0.29, 0.717) is 30.2 Å². The van der Waals surface area contributed by atoms with Crippen LogP contribution in [0.3, 0.4) is 0 Å². The van der Waals surface area contributed by atoms with Crippen molar-refractivity contribution in [2.75, 3.05) is 25.1 Å². The van der Waals surface area contributed by atoms with E-state index in [9.17, 15) is 14.7 Å². The highest BCUT2D eigenvalue weighted by atomic mass is 19.1. The molecule has 2 aliphatic heterocycles. The molecule has 3 heterocycles. The summed E-state index contributed by atoms with van der Waals surface area (Å²) in [5.41, 5.74) is 5.78. The topological polar surface area (TPSA) is 97.8 Å². The highest BCUT2D eigenvalue weighted by molar-refractivity contribution is 5.97. The molecule has 1 aromatic carbocycles. The van der Waals surface area contributed by atoms with Crippen LogP contribution in [0.2, 0.25) is 0 Å². The lowest BCUT2D eigenvalue weighted by atomic mass is 9.65. The lowest BCUT2D eigenvalue weighted by molar-refractivity contribution is 0.0694. The Morgan fingerprint density at radius 2 is 2.11 bits per heavy atom. The number of carboxylic acid groups (broad SMARTS) is 1. The number of carbonyl (C=O) groups is 1. The molecule has 0 unspecified atom stereocenters. The van der Waals surface area contributed by atoms with E-state index in [0.717, 1.165) is 31.7 Å². The minimum absolute atomic E-state index is 0.0366. The molecule has 0 spiro atoms. The molecule has 0 amide bonds. The molecule has 2 aliphatic carbocycles. The van der Waals surface area contributed by atoms with E-state index in [4.69, 9.17) is 10.5 Å². The Hall–Kier alpha value is -2.61. The summed E-state index contributed by atoms with van der Waals surface area (Å²) in [6.07, 6.45) is 5.01. The molecule has 4 aliphatic rings. The maximum absolute atomic E-state index is 15.2. The van der Waals surface area contributed by atoms with Gasteiger partial charge in [0.2, 0.25) is 5.43 Å². The number of aromatic carboxylic acids is 1. The normalized spacial score (nSPS) is 26.2. The largest absolute Gasteiger partial charge is 0.492 e. The number of hydrogen-bond donors (Lipinski definition) is 2. The van der Waals surface area contributed by atoms with Gasteiger partial charge < -0.3 is 25.0 Å². The molecule has 2 saturated carbocycles. The summed E-state index contributed by atoms with van der Waals surface area (Å²) >= 11 is 0. The van der Waals surface area contributed by atoms with Gasteiger partial charge in [-0.1, -0.05) is 0 Å². The number of hydrogen-bond acceptors (Lipinski definition) is 5. The van der Waals surface area contributed by atoms with Crippen molar-refractivity contribution >= 4 is 22.6 Å². The van der Waals surface area contributed by atoms with Crippen molar-refractivity contribution in [2.24, 2.45) is 11.7 Å². The van der Waals surface area contributed by atoms with E-state index in [1.165, 1.54) is 13.3 Å². The number of carboxylic acids is 1. The molecular weight excluding hydrogens is 365 g/mol. The Morgan fingerprint density at radius 1 is 1.39 bits per heavy atom. The molecule has 0 atom stereocenters. The summed E-state index contributed by atoms with van der Waals surface area (Å²) in [5, 5.41) is 9.44. The van der Waals surface area contributed by atoms with Gasteiger partial charge in [-0.05, 0) is 37.7 Å². The van der Waals surface area contributed by atoms with Crippen LogP contribution in [0.25, 0.3) is 10.9 Å². The van der Waals surface area contributed by atoms with Gasteiger partial charge in [0.05, 0.1) is 18.0 Å². The van der Waals surface area contributed by atoms with Crippen LogP contribution in [0.5, 0.6) is 5.75 Å². The maximum atomic E-state index is 15.2. The summed E-state index contributed by atoms with van der Waals surface area (Å²) < 4.78 is 22.6. The standard InChI is InChI=1S/C20H22FN3O4/c1-28-18-15-12(17(25)13(19(26)27)8-24(15)11-2-3-11)4-14(21)16(18)23-7-10-5-20(22,6-10)9-23/h4,8,10-11H,2-3,5-7,9,22H2,1H3,(H,26,27). The highest BCUT2D eigenvalue weighted by Crippen LogP contribution is 2.48. The molecule has 148 valence electrons. The Labute approximate surface area is 160 Å². The highest BCUT2D eigenvalue weighted by Gasteiger charge is 2.48. The van der Waals surface area contributed by atoms with E-state index in [1.54, 1.807) is 4.57 Å². The summed E-state index contributed by atoms with van der Waals surface area (Å²) in [6.45, 7) is 1.22. The number of halogens is 1. The predicted molar refractivity (Wildman–Crippen MR) is 102 cm³/mol. The lowest BCUT2D eigenvalue weighted by Gasteiger charge is -2.55. The van der Waals surface area contributed by atoms with Gasteiger partial charge in [-0.2, -0.15) is 0 Å². The van der Waals surface area contributed by atoms with Gasteiger partial charge >= 0.3 is 5.97 Å². The SMILES string of the molecule is COc1c(N2CC3CC(N)(C3)C2)c(F)cc2c(=O)c(C(=O)O)cn(C3CC3)c12. The van der Waals surface area contributed by atoms with E-state index in [2.05, 4.69) is 0 Å². The number of methoxy groups -OCH3 is 1. The fraction of sp³-hybridized carbons (Fsp3) is 0.500. The Bertz CT molecular complexity index is 1070. The Morgan fingerprint density at radius 3 is 2.68 bits per heavy atom. The third-order valence-electron chi connectivity index (χ3n) is 6.26. The minimum atomic E-state index is -1.31. The van der Waals surface area contributed by atoms with Crippen LogP contribution in [-0.4, -0.2) is 41.4 Å². The molecule has 2 saturated heterocycles. The van der Waals surface area contributed by atoms with Gasteiger partial charge in [0.15, 0.2) is 11.6 Å². The van der Waals surface area contributed by atoms with E-state index in [1.807, 2.05) is 4.90 Å². The van der Waals surface area contributed by atoms with Crippen LogP contribution in [-0.2, 0) is 0 Å². The lowest BCUT2D eigenvalue weighted by Crippen LogP contribution is -2.66. The number of piperidine rings is 2. The average Bonchev–Trinajstić information content (AvgIpc) is 3.45. The van der Waals surface area contributed by atoms with Gasteiger partial charge in [0.1, 0.15) is 11.3 Å². The zero-order chi connectivity index (χ0) is 19.8. The van der Waals surface area contributed by atoms with Crippen LogP contribution < -0.4 is 20.8 Å². The van der Waals surface area contributed by atoms with Gasteiger partial charge in [-0.25, -0.2) is 9.18 Å². The first kappa shape index (κ1) is 17.5. The molecule has 8 heteroatoms. The third kappa shape index (κ3) is 2.44.